The van der Waals surface area contributed by atoms with E-state index in [2.05, 4.69) is 20.8 Å². The number of nitrogens with one attached hydrogen (secondary N) is 2. The highest BCUT2D eigenvalue weighted by atomic mass is 16.2. The quantitative estimate of drug-likeness (QED) is 0.804. The number of hydrogen-bond acceptors (Lipinski definition) is 4. The summed E-state index contributed by atoms with van der Waals surface area (Å²) >= 11 is 0. The van der Waals surface area contributed by atoms with Gasteiger partial charge < -0.3 is 10.6 Å². The molecule has 1 amide bonds. The van der Waals surface area contributed by atoms with Crippen LogP contribution >= 0.6 is 0 Å². The number of anilines is 1. The number of amides is 1. The van der Waals surface area contributed by atoms with Gasteiger partial charge in [-0.05, 0) is 12.8 Å². The van der Waals surface area contributed by atoms with Crippen LogP contribution in [0.15, 0.2) is 24.8 Å². The minimum Gasteiger partial charge on any atom is -0.378 e. The van der Waals surface area contributed by atoms with Crippen LogP contribution in [0.1, 0.15) is 18.4 Å². The van der Waals surface area contributed by atoms with E-state index < -0.39 is 0 Å². The third-order valence-electron chi connectivity index (χ3n) is 3.14. The van der Waals surface area contributed by atoms with Crippen LogP contribution in [-0.2, 0) is 24.9 Å². The van der Waals surface area contributed by atoms with Crippen molar-refractivity contribution in [3.8, 4) is 0 Å². The van der Waals surface area contributed by atoms with Crippen molar-refractivity contribution in [2.24, 2.45) is 7.05 Å². The van der Waals surface area contributed by atoms with E-state index in [4.69, 9.17) is 0 Å². The monoisotopic (exact) mass is 274 g/mol. The summed E-state index contributed by atoms with van der Waals surface area (Å²) in [6, 6.07) is 0.390. The van der Waals surface area contributed by atoms with Gasteiger partial charge in [-0.1, -0.05) is 0 Å². The van der Waals surface area contributed by atoms with Crippen LogP contribution < -0.4 is 10.6 Å². The Morgan fingerprint density at radius 1 is 1.35 bits per heavy atom. The molecule has 1 saturated carbocycles. The Morgan fingerprint density at radius 2 is 2.20 bits per heavy atom. The second kappa shape index (κ2) is 5.36. The molecule has 0 saturated heterocycles. The molecule has 7 heteroatoms. The minimum atomic E-state index is 0.0226. The van der Waals surface area contributed by atoms with Crippen LogP contribution in [0, 0.1) is 0 Å². The van der Waals surface area contributed by atoms with E-state index in [1.54, 1.807) is 15.6 Å². The van der Waals surface area contributed by atoms with Crippen molar-refractivity contribution in [3.05, 3.63) is 30.4 Å². The highest BCUT2D eigenvalue weighted by Crippen LogP contribution is 2.18. The third-order valence-corrected chi connectivity index (χ3v) is 3.14. The largest absolute Gasteiger partial charge is 0.378 e. The topological polar surface area (TPSA) is 76.8 Å². The fourth-order valence-corrected chi connectivity index (χ4v) is 1.96. The number of rotatable bonds is 6. The molecule has 1 aliphatic carbocycles. The highest BCUT2D eigenvalue weighted by Gasteiger charge is 2.23. The summed E-state index contributed by atoms with van der Waals surface area (Å²) in [4.78, 5) is 11.7. The fraction of sp³-hybridized carbons (Fsp3) is 0.462. The van der Waals surface area contributed by atoms with Crippen LogP contribution in [-0.4, -0.2) is 31.5 Å². The third kappa shape index (κ3) is 3.37. The number of nitrogens with zero attached hydrogens (tertiary/aromatic N) is 4. The lowest BCUT2D eigenvalue weighted by Gasteiger charge is -2.03. The zero-order chi connectivity index (χ0) is 13.9. The molecular weight excluding hydrogens is 256 g/mol. The maximum Gasteiger partial charge on any atom is 0.241 e. The second-order valence-electron chi connectivity index (χ2n) is 5.14. The summed E-state index contributed by atoms with van der Waals surface area (Å²) in [5.74, 6) is 0.0226. The van der Waals surface area contributed by atoms with Crippen LogP contribution in [0.2, 0.25) is 0 Å². The molecule has 2 heterocycles. The predicted molar refractivity (Wildman–Crippen MR) is 73.9 cm³/mol. The van der Waals surface area contributed by atoms with Gasteiger partial charge in [0.2, 0.25) is 5.91 Å². The molecule has 0 atom stereocenters. The van der Waals surface area contributed by atoms with Gasteiger partial charge in [0.1, 0.15) is 6.54 Å². The molecule has 106 valence electrons. The Bertz CT molecular complexity index is 598. The summed E-state index contributed by atoms with van der Waals surface area (Å²) in [5.41, 5.74) is 2.00. The van der Waals surface area contributed by atoms with Crippen molar-refractivity contribution < 1.29 is 4.79 Å². The molecule has 1 fully saturated rings. The first-order valence-corrected chi connectivity index (χ1v) is 6.72. The van der Waals surface area contributed by atoms with Crippen molar-refractivity contribution in [2.45, 2.75) is 32.0 Å². The number of carbonyl (C=O) groups is 1. The van der Waals surface area contributed by atoms with Gasteiger partial charge in [-0.2, -0.15) is 10.2 Å². The molecule has 1 aliphatic rings. The van der Waals surface area contributed by atoms with Gasteiger partial charge in [0.05, 0.1) is 18.1 Å². The van der Waals surface area contributed by atoms with E-state index in [1.807, 2.05) is 25.6 Å². The predicted octanol–water partition coefficient (Wildman–Crippen LogP) is 0.507. The molecule has 7 nitrogen and oxygen atoms in total. The van der Waals surface area contributed by atoms with E-state index in [9.17, 15) is 4.79 Å². The van der Waals surface area contributed by atoms with Gasteiger partial charge >= 0.3 is 0 Å². The van der Waals surface area contributed by atoms with Crippen LogP contribution in [0.25, 0.3) is 0 Å². The molecule has 2 aromatic heterocycles. The van der Waals surface area contributed by atoms with Crippen molar-refractivity contribution in [3.63, 3.8) is 0 Å². The summed E-state index contributed by atoms with van der Waals surface area (Å²) in [6.45, 7) is 0.957. The molecular formula is C13H18N6O. The van der Waals surface area contributed by atoms with Crippen molar-refractivity contribution in [2.75, 3.05) is 5.32 Å². The standard InChI is InChI=1S/C13H18N6O/c1-18-7-10(5-15-18)4-14-12-6-16-19(8-12)9-13(20)17-11-2-3-11/h5-8,11,14H,2-4,9H2,1H3,(H,17,20). The summed E-state index contributed by atoms with van der Waals surface area (Å²) in [7, 11) is 1.89. The maximum absolute atomic E-state index is 11.7. The molecule has 0 spiro atoms. The van der Waals surface area contributed by atoms with E-state index in [1.165, 1.54) is 0 Å². The number of carbonyl (C=O) groups excluding carboxylic acids is 1. The number of hydrogen-bond donors (Lipinski definition) is 2. The molecule has 20 heavy (non-hydrogen) atoms. The lowest BCUT2D eigenvalue weighted by molar-refractivity contribution is -0.122. The number of aryl methyl sites for hydroxylation is 1. The molecule has 0 unspecified atom stereocenters. The normalized spacial score (nSPS) is 14.2. The van der Waals surface area contributed by atoms with E-state index >= 15 is 0 Å². The molecule has 0 aromatic carbocycles. The summed E-state index contributed by atoms with van der Waals surface area (Å²) in [5, 5.41) is 14.5. The fourth-order valence-electron chi connectivity index (χ4n) is 1.96. The Balaban J connectivity index is 1.49. The van der Waals surface area contributed by atoms with Crippen LogP contribution in [0.4, 0.5) is 5.69 Å². The van der Waals surface area contributed by atoms with Crippen LogP contribution in [0.3, 0.4) is 0 Å². The van der Waals surface area contributed by atoms with Crippen molar-refractivity contribution in [1.82, 2.24) is 24.9 Å². The first-order chi connectivity index (χ1) is 9.69. The molecule has 2 N–H and O–H groups in total. The number of aromatic nitrogens is 4. The Labute approximate surface area is 117 Å². The average molecular weight is 274 g/mol. The van der Waals surface area contributed by atoms with Gasteiger partial charge in [0, 0.05) is 37.6 Å². The first kappa shape index (κ1) is 12.7. The smallest absolute Gasteiger partial charge is 0.241 e. The van der Waals surface area contributed by atoms with Crippen molar-refractivity contribution >= 4 is 11.6 Å². The van der Waals surface area contributed by atoms with E-state index in [-0.39, 0.29) is 12.5 Å². The Morgan fingerprint density at radius 3 is 2.90 bits per heavy atom. The van der Waals surface area contributed by atoms with Gasteiger partial charge in [0.15, 0.2) is 0 Å². The Hall–Kier alpha value is -2.31. The molecule has 0 radical (unpaired) electrons. The zero-order valence-corrected chi connectivity index (χ0v) is 11.4. The molecule has 3 rings (SSSR count). The SMILES string of the molecule is Cn1cc(CNc2cnn(CC(=O)NC3CC3)c2)cn1. The summed E-state index contributed by atoms with van der Waals surface area (Å²) < 4.78 is 3.41. The van der Waals surface area contributed by atoms with Crippen molar-refractivity contribution in [1.29, 1.82) is 0 Å². The van der Waals surface area contributed by atoms with Gasteiger partial charge in [-0.25, -0.2) is 0 Å². The Kier molecular flexibility index (Phi) is 3.41. The molecule has 0 aliphatic heterocycles. The lowest BCUT2D eigenvalue weighted by Crippen LogP contribution is -2.29. The van der Waals surface area contributed by atoms with Crippen LogP contribution in [0.5, 0.6) is 0 Å². The zero-order valence-electron chi connectivity index (χ0n) is 11.4. The lowest BCUT2D eigenvalue weighted by atomic mass is 10.3. The molecule has 0 bridgehead atoms. The molecule has 2 aromatic rings. The summed E-state index contributed by atoms with van der Waals surface area (Å²) in [6.07, 6.45) is 9.54. The van der Waals surface area contributed by atoms with E-state index in [0.717, 1.165) is 24.1 Å². The van der Waals surface area contributed by atoms with Gasteiger partial charge in [-0.15, -0.1) is 0 Å². The second-order valence-corrected chi connectivity index (χ2v) is 5.14. The first-order valence-electron chi connectivity index (χ1n) is 6.72. The highest BCUT2D eigenvalue weighted by molar-refractivity contribution is 5.76. The average Bonchev–Trinajstić information content (AvgIpc) is 2.94. The van der Waals surface area contributed by atoms with Gasteiger partial charge in [0.25, 0.3) is 0 Å². The van der Waals surface area contributed by atoms with Gasteiger partial charge in [-0.3, -0.25) is 14.2 Å². The maximum atomic E-state index is 11.7. The van der Waals surface area contributed by atoms with E-state index in [0.29, 0.717) is 12.6 Å². The minimum absolute atomic E-state index is 0.0226.